The second-order valence-electron chi connectivity index (χ2n) is 3.16. The fraction of sp³-hybridized carbons (Fsp3) is 0.300. The van der Waals surface area contributed by atoms with Crippen LogP contribution in [0.2, 0.25) is 0 Å². The van der Waals surface area contributed by atoms with E-state index in [4.69, 9.17) is 0 Å². The van der Waals surface area contributed by atoms with Gasteiger partial charge in [0, 0.05) is 6.54 Å². The molecule has 1 aliphatic heterocycles. The molecule has 0 saturated heterocycles. The fourth-order valence-electron chi connectivity index (χ4n) is 1.47. The molecule has 0 atom stereocenters. The highest BCUT2D eigenvalue weighted by atomic mass is 32.2. The van der Waals surface area contributed by atoms with E-state index in [2.05, 4.69) is 6.92 Å². The lowest BCUT2D eigenvalue weighted by Crippen LogP contribution is -2.24. The molecule has 0 N–H and O–H groups in total. The number of hydrogen-bond acceptors (Lipinski definition) is 3. The number of hydrogen-bond donors (Lipinski definition) is 0. The van der Waals surface area contributed by atoms with Gasteiger partial charge in [-0.2, -0.15) is 0 Å². The lowest BCUT2D eigenvalue weighted by atomic mass is 10.2. The monoisotopic (exact) mass is 208 g/mol. The lowest BCUT2D eigenvalue weighted by molar-refractivity contribution is -0.252. The molecule has 0 fully saturated rings. The molecule has 74 valence electrons. The highest BCUT2D eigenvalue weighted by Gasteiger charge is 2.21. The Morgan fingerprint density at radius 2 is 2.21 bits per heavy atom. The topological polar surface area (TPSA) is 29.3 Å². The molecule has 0 aliphatic carbocycles. The summed E-state index contributed by atoms with van der Waals surface area (Å²) in [5.74, 6) is 0. The summed E-state index contributed by atoms with van der Waals surface area (Å²) in [6.07, 6.45) is 2.65. The van der Waals surface area contributed by atoms with Gasteiger partial charge < -0.3 is 5.21 Å². The molecule has 0 spiro atoms. The molecule has 0 bridgehead atoms. The van der Waals surface area contributed by atoms with E-state index < -0.39 is 0 Å². The quantitative estimate of drug-likeness (QED) is 0.424. The Labute approximate surface area is 87.9 Å². The van der Waals surface area contributed by atoms with Crippen molar-refractivity contribution < 1.29 is 4.14 Å². The van der Waals surface area contributed by atoms with Gasteiger partial charge in [-0.3, -0.25) is 4.31 Å². The van der Waals surface area contributed by atoms with E-state index in [0.717, 1.165) is 28.4 Å². The number of anilines is 1. The summed E-state index contributed by atoms with van der Waals surface area (Å²) in [6.45, 7) is 3.00. The predicted octanol–water partition coefficient (Wildman–Crippen LogP) is 2.41. The van der Waals surface area contributed by atoms with Crippen molar-refractivity contribution >= 4 is 24.0 Å². The van der Waals surface area contributed by atoms with Gasteiger partial charge in [-0.05, 0) is 18.6 Å². The first-order valence-electron chi connectivity index (χ1n) is 4.67. The second kappa shape index (κ2) is 3.92. The van der Waals surface area contributed by atoms with Crippen LogP contribution in [0.5, 0.6) is 0 Å². The first-order chi connectivity index (χ1) is 6.81. The Bertz CT molecular complexity index is 365. The summed E-state index contributed by atoms with van der Waals surface area (Å²) in [5.41, 5.74) is 2.13. The van der Waals surface area contributed by atoms with Crippen molar-refractivity contribution in [3.05, 3.63) is 35.0 Å². The molecule has 4 heteroatoms. The van der Waals surface area contributed by atoms with E-state index in [1.807, 2.05) is 28.6 Å². The standard InChI is InChI=1S/C10H12N2OS/c1-2-7-11-10-6-4-3-5-9(10)8-12(13)14-11/h3-6,8H,2,7H2,1H3. The minimum atomic E-state index is 0.897. The van der Waals surface area contributed by atoms with Crippen LogP contribution >= 0.6 is 12.1 Å². The van der Waals surface area contributed by atoms with Gasteiger partial charge in [-0.25, -0.2) is 0 Å². The van der Waals surface area contributed by atoms with E-state index in [1.165, 1.54) is 12.1 Å². The fourth-order valence-corrected chi connectivity index (χ4v) is 2.34. The average Bonchev–Trinajstić information content (AvgIpc) is 2.18. The summed E-state index contributed by atoms with van der Waals surface area (Å²) in [5, 5.41) is 11.3. The molecule has 1 heterocycles. The van der Waals surface area contributed by atoms with Crippen molar-refractivity contribution in [3.63, 3.8) is 0 Å². The minimum Gasteiger partial charge on any atom is -0.610 e. The molecule has 14 heavy (non-hydrogen) atoms. The number of benzene rings is 1. The van der Waals surface area contributed by atoms with Gasteiger partial charge in [0.15, 0.2) is 0 Å². The molecule has 1 aromatic rings. The van der Waals surface area contributed by atoms with Crippen LogP contribution in [0.4, 0.5) is 5.69 Å². The number of nitrogens with zero attached hydrogens (tertiary/aromatic N) is 2. The first-order valence-corrected chi connectivity index (χ1v) is 5.40. The third-order valence-corrected chi connectivity index (χ3v) is 2.90. The Hall–Kier alpha value is -1.16. The van der Waals surface area contributed by atoms with Gasteiger partial charge in [-0.1, -0.05) is 19.1 Å². The molecule has 0 unspecified atom stereocenters. The molecule has 0 aromatic heterocycles. The maximum atomic E-state index is 11.3. The van der Waals surface area contributed by atoms with Gasteiger partial charge in [-0.15, -0.1) is 4.14 Å². The smallest absolute Gasteiger partial charge is 0.301 e. The predicted molar refractivity (Wildman–Crippen MR) is 60.5 cm³/mol. The van der Waals surface area contributed by atoms with E-state index in [9.17, 15) is 5.21 Å². The van der Waals surface area contributed by atoms with E-state index >= 15 is 0 Å². The number of para-hydroxylation sites is 1. The average molecular weight is 208 g/mol. The highest BCUT2D eigenvalue weighted by molar-refractivity contribution is 7.95. The SMILES string of the molecule is CCCN1S[N+]([O-])=Cc2ccccc21. The molecular formula is C10H12N2OS. The van der Waals surface area contributed by atoms with Crippen molar-refractivity contribution in [2.75, 3.05) is 10.8 Å². The van der Waals surface area contributed by atoms with Crippen molar-refractivity contribution in [3.8, 4) is 0 Å². The molecular weight excluding hydrogens is 196 g/mol. The zero-order valence-electron chi connectivity index (χ0n) is 8.01. The highest BCUT2D eigenvalue weighted by Crippen LogP contribution is 2.29. The Morgan fingerprint density at radius 3 is 3.00 bits per heavy atom. The molecule has 2 rings (SSSR count). The summed E-state index contributed by atoms with van der Waals surface area (Å²) >= 11 is 1.21. The molecule has 3 nitrogen and oxygen atoms in total. The van der Waals surface area contributed by atoms with Gasteiger partial charge in [0.1, 0.15) is 0 Å². The van der Waals surface area contributed by atoms with Crippen LogP contribution in [-0.4, -0.2) is 16.9 Å². The van der Waals surface area contributed by atoms with Crippen LogP contribution < -0.4 is 4.31 Å². The third-order valence-electron chi connectivity index (χ3n) is 2.06. The van der Waals surface area contributed by atoms with Gasteiger partial charge in [0.25, 0.3) is 0 Å². The van der Waals surface area contributed by atoms with Crippen molar-refractivity contribution in [2.45, 2.75) is 13.3 Å². The molecule has 0 radical (unpaired) electrons. The maximum absolute atomic E-state index is 11.3. The van der Waals surface area contributed by atoms with Crippen molar-refractivity contribution in [1.82, 2.24) is 0 Å². The summed E-state index contributed by atoms with van der Waals surface area (Å²) in [6, 6.07) is 7.95. The summed E-state index contributed by atoms with van der Waals surface area (Å²) < 4.78 is 2.93. The molecule has 0 saturated carbocycles. The molecule has 1 aromatic carbocycles. The van der Waals surface area contributed by atoms with Crippen LogP contribution in [0.1, 0.15) is 18.9 Å². The van der Waals surface area contributed by atoms with Crippen molar-refractivity contribution in [2.24, 2.45) is 0 Å². The normalized spacial score (nSPS) is 14.9. The van der Waals surface area contributed by atoms with Crippen LogP contribution in [0.3, 0.4) is 0 Å². The van der Waals surface area contributed by atoms with Crippen LogP contribution in [0.15, 0.2) is 24.3 Å². The van der Waals surface area contributed by atoms with Crippen LogP contribution in [0, 0.1) is 5.21 Å². The summed E-state index contributed by atoms with van der Waals surface area (Å²) in [7, 11) is 0. The molecule has 1 aliphatic rings. The largest absolute Gasteiger partial charge is 0.610 e. The van der Waals surface area contributed by atoms with E-state index in [0.29, 0.717) is 0 Å². The third kappa shape index (κ3) is 1.70. The van der Waals surface area contributed by atoms with Crippen LogP contribution in [-0.2, 0) is 0 Å². The first kappa shape index (κ1) is 9.40. The lowest BCUT2D eigenvalue weighted by Gasteiger charge is -2.23. The Kier molecular flexibility index (Phi) is 2.63. The maximum Gasteiger partial charge on any atom is 0.301 e. The van der Waals surface area contributed by atoms with Gasteiger partial charge >= 0.3 is 12.1 Å². The van der Waals surface area contributed by atoms with E-state index in [1.54, 1.807) is 6.21 Å². The molecule has 0 amide bonds. The van der Waals surface area contributed by atoms with Crippen LogP contribution in [0.25, 0.3) is 0 Å². The Balaban J connectivity index is 2.37. The summed E-state index contributed by atoms with van der Waals surface area (Å²) in [4.78, 5) is 0. The van der Waals surface area contributed by atoms with E-state index in [-0.39, 0.29) is 0 Å². The second-order valence-corrected chi connectivity index (χ2v) is 4.12. The van der Waals surface area contributed by atoms with Crippen molar-refractivity contribution in [1.29, 1.82) is 0 Å². The zero-order valence-corrected chi connectivity index (χ0v) is 8.83. The minimum absolute atomic E-state index is 0.897. The van der Waals surface area contributed by atoms with Gasteiger partial charge in [0.05, 0.1) is 11.3 Å². The Morgan fingerprint density at radius 1 is 1.43 bits per heavy atom. The number of rotatable bonds is 2. The van der Waals surface area contributed by atoms with Gasteiger partial charge in [0.2, 0.25) is 6.21 Å². The number of fused-ring (bicyclic) bond motifs is 1. The zero-order chi connectivity index (χ0) is 9.97.